The van der Waals surface area contributed by atoms with Crippen LogP contribution in [0, 0.1) is 13.8 Å². The third-order valence-corrected chi connectivity index (χ3v) is 5.54. The Morgan fingerprint density at radius 2 is 1.59 bits per heavy atom. The van der Waals surface area contributed by atoms with Crippen LogP contribution in [0.3, 0.4) is 0 Å². The van der Waals surface area contributed by atoms with Crippen molar-refractivity contribution in [3.8, 4) is 11.1 Å². The third kappa shape index (κ3) is 5.01. The predicted molar refractivity (Wildman–Crippen MR) is 136 cm³/mol. The summed E-state index contributed by atoms with van der Waals surface area (Å²) in [4.78, 5) is 14.2. The van der Waals surface area contributed by atoms with Gasteiger partial charge >= 0.3 is 0 Å². The molecule has 0 bridgehead atoms. The summed E-state index contributed by atoms with van der Waals surface area (Å²) in [5, 5.41) is 0. The molecule has 3 aromatic rings. The standard InChI is InChI=1S/C28H26N2.CH2O/c1-21-12-14-25(15-13-21)28(20-29-3)30-18-16-24(17-19-30)27-11-7-10-26(22(27)2)23-8-5-4-6-9-23;1-2/h4-18,20H,3,19H2,1-2H3;1H2/b28-20-;. The molecule has 0 aromatic heterocycles. The molecule has 3 heteroatoms. The second kappa shape index (κ2) is 10.9. The van der Waals surface area contributed by atoms with Gasteiger partial charge in [0.25, 0.3) is 0 Å². The number of aryl methyl sites for hydroxylation is 1. The molecular formula is C29H28N2O. The Bertz CT molecular complexity index is 1160. The van der Waals surface area contributed by atoms with E-state index in [0.717, 1.165) is 17.8 Å². The number of hydrogen-bond acceptors (Lipinski definition) is 3. The minimum Gasteiger partial charge on any atom is -0.342 e. The lowest BCUT2D eigenvalue weighted by atomic mass is 9.92. The molecule has 3 aromatic carbocycles. The largest absolute Gasteiger partial charge is 0.342 e. The molecule has 4 rings (SSSR count). The van der Waals surface area contributed by atoms with Gasteiger partial charge in [0.15, 0.2) is 0 Å². The zero-order valence-corrected chi connectivity index (χ0v) is 18.7. The van der Waals surface area contributed by atoms with Crippen molar-refractivity contribution in [2.75, 3.05) is 6.54 Å². The van der Waals surface area contributed by atoms with Crippen LogP contribution in [0.4, 0.5) is 0 Å². The molecule has 0 unspecified atom stereocenters. The quantitative estimate of drug-likeness (QED) is 0.430. The van der Waals surface area contributed by atoms with E-state index < -0.39 is 0 Å². The zero-order valence-electron chi connectivity index (χ0n) is 18.7. The summed E-state index contributed by atoms with van der Waals surface area (Å²) in [6, 6.07) is 25.6. The second-order valence-electron chi connectivity index (χ2n) is 7.53. The Kier molecular flexibility index (Phi) is 7.71. The Morgan fingerprint density at radius 1 is 0.906 bits per heavy atom. The van der Waals surface area contributed by atoms with Crippen LogP contribution in [0.5, 0.6) is 0 Å². The number of rotatable bonds is 5. The Hall–Kier alpha value is -3.98. The molecule has 1 aliphatic rings. The maximum Gasteiger partial charge on any atom is 0.106 e. The molecule has 0 amide bonds. The maximum atomic E-state index is 8.00. The molecule has 1 heterocycles. The number of nitrogens with zero attached hydrogens (tertiary/aromatic N) is 2. The summed E-state index contributed by atoms with van der Waals surface area (Å²) >= 11 is 0. The van der Waals surface area contributed by atoms with Crippen LogP contribution >= 0.6 is 0 Å². The van der Waals surface area contributed by atoms with Crippen molar-refractivity contribution < 1.29 is 4.79 Å². The van der Waals surface area contributed by atoms with Crippen molar-refractivity contribution >= 4 is 24.8 Å². The second-order valence-corrected chi connectivity index (χ2v) is 7.53. The summed E-state index contributed by atoms with van der Waals surface area (Å²) in [6.45, 7) is 10.8. The summed E-state index contributed by atoms with van der Waals surface area (Å²) in [5.74, 6) is 0. The number of benzene rings is 3. The van der Waals surface area contributed by atoms with Gasteiger partial charge in [-0.05, 0) is 60.0 Å². The number of hydrogen-bond donors (Lipinski definition) is 0. The van der Waals surface area contributed by atoms with Crippen LogP contribution in [0.15, 0.2) is 102 Å². The fraction of sp³-hybridized carbons (Fsp3) is 0.103. The van der Waals surface area contributed by atoms with Crippen LogP contribution in [0.2, 0.25) is 0 Å². The topological polar surface area (TPSA) is 32.7 Å². The summed E-state index contributed by atoms with van der Waals surface area (Å²) in [6.07, 6.45) is 8.43. The van der Waals surface area contributed by atoms with Crippen molar-refractivity contribution in [1.82, 2.24) is 4.90 Å². The molecule has 0 fully saturated rings. The minimum atomic E-state index is 0.788. The molecule has 3 nitrogen and oxygen atoms in total. The molecule has 160 valence electrons. The van der Waals surface area contributed by atoms with E-state index in [0.29, 0.717) is 0 Å². The van der Waals surface area contributed by atoms with E-state index in [1.807, 2.05) is 13.0 Å². The lowest BCUT2D eigenvalue weighted by Crippen LogP contribution is -2.18. The van der Waals surface area contributed by atoms with E-state index >= 15 is 0 Å². The molecule has 32 heavy (non-hydrogen) atoms. The highest BCUT2D eigenvalue weighted by Gasteiger charge is 2.15. The Morgan fingerprint density at radius 3 is 2.22 bits per heavy atom. The van der Waals surface area contributed by atoms with E-state index in [1.165, 1.54) is 33.4 Å². The molecule has 0 N–H and O–H groups in total. The summed E-state index contributed by atoms with van der Waals surface area (Å²) in [7, 11) is 0. The minimum absolute atomic E-state index is 0.788. The SMILES string of the molecule is C=N/C=C(/c1ccc(C)cc1)N1C=CC(c2cccc(-c3ccccc3)c2C)=CC1.C=O. The number of carbonyl (C=O) groups excluding carboxylic acids is 1. The molecule has 0 aliphatic carbocycles. The van der Waals surface area contributed by atoms with Gasteiger partial charge in [0.1, 0.15) is 6.79 Å². The first-order chi connectivity index (χ1) is 15.7. The highest BCUT2D eigenvalue weighted by Crippen LogP contribution is 2.32. The normalized spacial score (nSPS) is 13.1. The Labute approximate surface area is 190 Å². The van der Waals surface area contributed by atoms with E-state index in [4.69, 9.17) is 4.79 Å². The van der Waals surface area contributed by atoms with Gasteiger partial charge in [0.2, 0.25) is 0 Å². The maximum absolute atomic E-state index is 8.00. The van der Waals surface area contributed by atoms with Crippen LogP contribution < -0.4 is 0 Å². The molecular weight excluding hydrogens is 392 g/mol. The van der Waals surface area contributed by atoms with Gasteiger partial charge in [-0.1, -0.05) is 84.4 Å². The highest BCUT2D eigenvalue weighted by molar-refractivity contribution is 5.82. The number of carbonyl (C=O) groups is 1. The van der Waals surface area contributed by atoms with E-state index in [9.17, 15) is 0 Å². The van der Waals surface area contributed by atoms with Crippen molar-refractivity contribution in [2.24, 2.45) is 4.99 Å². The number of aliphatic imine (C=N–C) groups is 1. The van der Waals surface area contributed by atoms with Crippen molar-refractivity contribution in [1.29, 1.82) is 0 Å². The molecule has 0 atom stereocenters. The van der Waals surface area contributed by atoms with Gasteiger partial charge in [0, 0.05) is 12.7 Å². The smallest absolute Gasteiger partial charge is 0.106 e. The fourth-order valence-electron chi connectivity index (χ4n) is 3.88. The predicted octanol–water partition coefficient (Wildman–Crippen LogP) is 6.70. The highest BCUT2D eigenvalue weighted by atomic mass is 16.1. The monoisotopic (exact) mass is 420 g/mol. The van der Waals surface area contributed by atoms with E-state index in [2.05, 4.69) is 122 Å². The molecule has 0 spiro atoms. The third-order valence-electron chi connectivity index (χ3n) is 5.54. The van der Waals surface area contributed by atoms with Gasteiger partial charge in [-0.15, -0.1) is 0 Å². The number of allylic oxidation sites excluding steroid dienone is 2. The van der Waals surface area contributed by atoms with Gasteiger partial charge in [0.05, 0.1) is 11.9 Å². The van der Waals surface area contributed by atoms with E-state index in [1.54, 1.807) is 0 Å². The first kappa shape index (κ1) is 22.7. The summed E-state index contributed by atoms with van der Waals surface area (Å²) < 4.78 is 0. The van der Waals surface area contributed by atoms with Crippen molar-refractivity contribution in [2.45, 2.75) is 13.8 Å². The fourth-order valence-corrected chi connectivity index (χ4v) is 3.88. The van der Waals surface area contributed by atoms with E-state index in [-0.39, 0.29) is 0 Å². The average Bonchev–Trinajstić information content (AvgIpc) is 2.85. The van der Waals surface area contributed by atoms with Crippen molar-refractivity contribution in [3.63, 3.8) is 0 Å². The molecule has 1 aliphatic heterocycles. The van der Waals surface area contributed by atoms with Crippen molar-refractivity contribution in [3.05, 3.63) is 120 Å². The van der Waals surface area contributed by atoms with Crippen LogP contribution in [0.25, 0.3) is 22.4 Å². The van der Waals surface area contributed by atoms with Crippen LogP contribution in [0.1, 0.15) is 22.3 Å². The lowest BCUT2D eigenvalue weighted by molar-refractivity contribution is -0.0979. The summed E-state index contributed by atoms with van der Waals surface area (Å²) in [5.41, 5.74) is 9.78. The van der Waals surface area contributed by atoms with Gasteiger partial charge < -0.3 is 9.69 Å². The first-order valence-electron chi connectivity index (χ1n) is 10.5. The van der Waals surface area contributed by atoms with Gasteiger partial charge in [-0.2, -0.15) is 0 Å². The molecule has 0 saturated heterocycles. The van der Waals surface area contributed by atoms with Crippen LogP contribution in [-0.2, 0) is 4.79 Å². The zero-order chi connectivity index (χ0) is 22.9. The first-order valence-corrected chi connectivity index (χ1v) is 10.5. The lowest BCUT2D eigenvalue weighted by Gasteiger charge is -2.26. The molecule has 0 radical (unpaired) electrons. The van der Waals surface area contributed by atoms with Gasteiger partial charge in [-0.25, -0.2) is 0 Å². The Balaban J connectivity index is 0.00000141. The van der Waals surface area contributed by atoms with Crippen LogP contribution in [-0.4, -0.2) is 25.0 Å². The average molecular weight is 421 g/mol. The van der Waals surface area contributed by atoms with Gasteiger partial charge in [-0.3, -0.25) is 4.99 Å². The molecule has 0 saturated carbocycles.